The lowest BCUT2D eigenvalue weighted by Gasteiger charge is -2.35. The highest BCUT2D eigenvalue weighted by molar-refractivity contribution is 7.89. The van der Waals surface area contributed by atoms with Crippen molar-refractivity contribution in [1.29, 1.82) is 0 Å². The molecule has 3 heterocycles. The van der Waals surface area contributed by atoms with Crippen LogP contribution in [0.3, 0.4) is 0 Å². The van der Waals surface area contributed by atoms with Gasteiger partial charge in [0.1, 0.15) is 5.82 Å². The number of fused-ring (bicyclic) bond motifs is 1. The molecular formula is C20H34N6O4S. The largest absolute Gasteiger partial charge is 0.369 e. The van der Waals surface area contributed by atoms with Crippen LogP contribution in [0.25, 0.3) is 0 Å². The Morgan fingerprint density at radius 2 is 1.84 bits per heavy atom. The summed E-state index contributed by atoms with van der Waals surface area (Å²) in [6.45, 7) is 8.76. The summed E-state index contributed by atoms with van der Waals surface area (Å²) in [6.07, 6.45) is 2.09. The van der Waals surface area contributed by atoms with E-state index < -0.39 is 15.8 Å². The molecule has 0 aromatic carbocycles. The van der Waals surface area contributed by atoms with E-state index in [9.17, 15) is 8.42 Å². The number of piperazine rings is 1. The molecule has 1 spiro atoms. The van der Waals surface area contributed by atoms with Crippen LogP contribution in [-0.4, -0.2) is 93.9 Å². The summed E-state index contributed by atoms with van der Waals surface area (Å²) in [5.74, 6) is 0.776. The van der Waals surface area contributed by atoms with Crippen molar-refractivity contribution in [2.24, 2.45) is 0 Å². The second-order valence-corrected chi connectivity index (χ2v) is 10.8. The Morgan fingerprint density at radius 3 is 2.52 bits per heavy atom. The van der Waals surface area contributed by atoms with Crippen molar-refractivity contribution in [3.63, 3.8) is 0 Å². The van der Waals surface area contributed by atoms with E-state index in [4.69, 9.17) is 19.4 Å². The molecule has 4 rings (SSSR count). The first-order valence-corrected chi connectivity index (χ1v) is 12.8. The highest BCUT2D eigenvalue weighted by Gasteiger charge is 2.42. The average molecular weight is 455 g/mol. The average Bonchev–Trinajstić information content (AvgIpc) is 3.15. The monoisotopic (exact) mass is 454 g/mol. The molecule has 0 amide bonds. The molecule has 1 aliphatic carbocycles. The number of anilines is 2. The molecule has 0 bridgehead atoms. The van der Waals surface area contributed by atoms with E-state index in [2.05, 4.69) is 26.9 Å². The SMILES string of the molecule is CC(C)NS(=O)(=O)CCNc1nc(N2CCN(C)CC2)nc2c1CC1(CC2)OCCO1. The Bertz CT molecular complexity index is 880. The molecule has 11 heteroatoms. The van der Waals surface area contributed by atoms with Crippen molar-refractivity contribution in [1.82, 2.24) is 19.6 Å². The van der Waals surface area contributed by atoms with E-state index in [0.717, 1.165) is 50.3 Å². The zero-order chi connectivity index (χ0) is 22.1. The van der Waals surface area contributed by atoms with Crippen LogP contribution in [0.15, 0.2) is 0 Å². The maximum absolute atomic E-state index is 12.2. The second-order valence-electron chi connectivity index (χ2n) is 8.89. The van der Waals surface area contributed by atoms with E-state index in [1.165, 1.54) is 0 Å². The molecule has 2 N–H and O–H groups in total. The van der Waals surface area contributed by atoms with Crippen LogP contribution >= 0.6 is 0 Å². The van der Waals surface area contributed by atoms with Gasteiger partial charge < -0.3 is 24.6 Å². The lowest BCUT2D eigenvalue weighted by atomic mass is 9.90. The fourth-order valence-corrected chi connectivity index (χ4v) is 5.54. The van der Waals surface area contributed by atoms with E-state index in [-0.39, 0.29) is 18.3 Å². The summed E-state index contributed by atoms with van der Waals surface area (Å²) in [4.78, 5) is 14.2. The van der Waals surface area contributed by atoms with Gasteiger partial charge in [-0.25, -0.2) is 18.1 Å². The first-order valence-electron chi connectivity index (χ1n) is 11.1. The predicted molar refractivity (Wildman–Crippen MR) is 119 cm³/mol. The number of hydrogen-bond donors (Lipinski definition) is 2. The number of nitrogens with zero attached hydrogens (tertiary/aromatic N) is 4. The predicted octanol–water partition coefficient (Wildman–Crippen LogP) is 0.200. The van der Waals surface area contributed by atoms with Gasteiger partial charge in [-0.15, -0.1) is 0 Å². The number of sulfonamides is 1. The third-order valence-corrected chi connectivity index (χ3v) is 7.52. The zero-order valence-corrected chi connectivity index (χ0v) is 19.5. The van der Waals surface area contributed by atoms with Gasteiger partial charge in [-0.1, -0.05) is 0 Å². The Labute approximate surface area is 184 Å². The highest BCUT2D eigenvalue weighted by atomic mass is 32.2. The maximum atomic E-state index is 12.2. The molecule has 0 atom stereocenters. The summed E-state index contributed by atoms with van der Waals surface area (Å²) < 4.78 is 38.9. The zero-order valence-electron chi connectivity index (χ0n) is 18.7. The lowest BCUT2D eigenvalue weighted by Crippen LogP contribution is -2.45. The Balaban J connectivity index is 1.56. The summed E-state index contributed by atoms with van der Waals surface area (Å²) in [7, 11) is -1.24. The molecule has 0 unspecified atom stereocenters. The normalized spacial score (nSPS) is 21.6. The molecular weight excluding hydrogens is 420 g/mol. The van der Waals surface area contributed by atoms with Crippen LogP contribution in [0.4, 0.5) is 11.8 Å². The number of hydrogen-bond acceptors (Lipinski definition) is 9. The van der Waals surface area contributed by atoms with E-state index in [1.807, 2.05) is 13.8 Å². The number of aryl methyl sites for hydroxylation is 1. The smallest absolute Gasteiger partial charge is 0.227 e. The van der Waals surface area contributed by atoms with Crippen molar-refractivity contribution in [3.8, 4) is 0 Å². The van der Waals surface area contributed by atoms with Crippen LogP contribution < -0.4 is 14.9 Å². The summed E-state index contributed by atoms with van der Waals surface area (Å²) in [5.41, 5.74) is 1.97. The van der Waals surface area contributed by atoms with Crippen LogP contribution in [0, 0.1) is 0 Å². The van der Waals surface area contributed by atoms with E-state index in [1.54, 1.807) is 0 Å². The molecule has 2 saturated heterocycles. The number of ether oxygens (including phenoxy) is 2. The molecule has 1 aromatic heterocycles. The highest BCUT2D eigenvalue weighted by Crippen LogP contribution is 2.38. The van der Waals surface area contributed by atoms with Gasteiger partial charge >= 0.3 is 0 Å². The van der Waals surface area contributed by atoms with Gasteiger partial charge in [-0.05, 0) is 27.3 Å². The Morgan fingerprint density at radius 1 is 1.13 bits per heavy atom. The van der Waals surface area contributed by atoms with Gasteiger partial charge in [0, 0.05) is 57.2 Å². The van der Waals surface area contributed by atoms with Crippen LogP contribution in [0.2, 0.25) is 0 Å². The number of nitrogens with one attached hydrogen (secondary N) is 2. The molecule has 0 radical (unpaired) electrons. The minimum atomic E-state index is -3.35. The fourth-order valence-electron chi connectivity index (χ4n) is 4.34. The van der Waals surface area contributed by atoms with E-state index >= 15 is 0 Å². The first-order chi connectivity index (χ1) is 14.8. The molecule has 1 aromatic rings. The lowest BCUT2D eigenvalue weighted by molar-refractivity contribution is -0.164. The van der Waals surface area contributed by atoms with Gasteiger partial charge in [-0.2, -0.15) is 4.98 Å². The van der Waals surface area contributed by atoms with Crippen LogP contribution in [-0.2, 0) is 32.3 Å². The topological polar surface area (TPSA) is 109 Å². The van der Waals surface area contributed by atoms with Gasteiger partial charge in [0.25, 0.3) is 0 Å². The van der Waals surface area contributed by atoms with Gasteiger partial charge in [0.05, 0.1) is 24.7 Å². The third-order valence-electron chi connectivity index (χ3n) is 5.95. The number of likely N-dealkylation sites (N-methyl/N-ethyl adjacent to an activating group) is 1. The minimum Gasteiger partial charge on any atom is -0.369 e. The number of aromatic nitrogens is 2. The van der Waals surface area contributed by atoms with Crippen molar-refractivity contribution in [3.05, 3.63) is 11.3 Å². The Hall–Kier alpha value is -1.53. The van der Waals surface area contributed by atoms with E-state index in [0.29, 0.717) is 31.4 Å². The van der Waals surface area contributed by atoms with Crippen LogP contribution in [0.1, 0.15) is 31.5 Å². The van der Waals surface area contributed by atoms with Crippen molar-refractivity contribution >= 4 is 21.8 Å². The molecule has 3 aliphatic rings. The summed E-state index contributed by atoms with van der Waals surface area (Å²) >= 11 is 0. The van der Waals surface area contributed by atoms with Gasteiger partial charge in [-0.3, -0.25) is 0 Å². The first kappa shape index (κ1) is 22.7. The standard InChI is InChI=1S/C20H34N6O4S/c1-15(2)24-31(27,28)13-6-21-18-16-14-20(29-11-12-30-20)5-4-17(16)22-19(23-18)26-9-7-25(3)8-10-26/h15,24H,4-14H2,1-3H3,(H,21,22,23). The van der Waals surface area contributed by atoms with Crippen molar-refractivity contribution in [2.75, 3.05) is 69.0 Å². The third kappa shape index (κ3) is 5.46. The summed E-state index contributed by atoms with van der Waals surface area (Å²) in [5, 5.41) is 3.28. The Kier molecular flexibility index (Phi) is 6.68. The fraction of sp³-hybridized carbons (Fsp3) is 0.800. The minimum absolute atomic E-state index is 0.0219. The molecule has 174 valence electrons. The molecule has 0 saturated carbocycles. The van der Waals surface area contributed by atoms with Gasteiger partial charge in [0.2, 0.25) is 16.0 Å². The van der Waals surface area contributed by atoms with Crippen molar-refractivity contribution < 1.29 is 17.9 Å². The second kappa shape index (κ2) is 9.14. The van der Waals surface area contributed by atoms with Crippen molar-refractivity contribution in [2.45, 2.75) is 44.9 Å². The molecule has 2 fully saturated rings. The number of rotatable bonds is 7. The molecule has 31 heavy (non-hydrogen) atoms. The van der Waals surface area contributed by atoms with Gasteiger partial charge in [0.15, 0.2) is 5.79 Å². The quantitative estimate of drug-likeness (QED) is 0.597. The summed E-state index contributed by atoms with van der Waals surface area (Å²) in [6, 6.07) is -0.128. The van der Waals surface area contributed by atoms with Crippen LogP contribution in [0.5, 0.6) is 0 Å². The maximum Gasteiger partial charge on any atom is 0.227 e. The molecule has 2 aliphatic heterocycles. The molecule has 10 nitrogen and oxygen atoms in total.